The summed E-state index contributed by atoms with van der Waals surface area (Å²) in [7, 11) is 1.48. The van der Waals surface area contributed by atoms with Crippen LogP contribution in [0, 0.1) is 0 Å². The number of rotatable bonds is 3. The van der Waals surface area contributed by atoms with E-state index in [2.05, 4.69) is 31.0 Å². The van der Waals surface area contributed by atoms with E-state index in [1.165, 1.54) is 24.2 Å². The van der Waals surface area contributed by atoms with Gasteiger partial charge in [-0.15, -0.1) is 0 Å². The van der Waals surface area contributed by atoms with Gasteiger partial charge in [0, 0.05) is 11.8 Å². The predicted octanol–water partition coefficient (Wildman–Crippen LogP) is 4.12. The van der Waals surface area contributed by atoms with Gasteiger partial charge in [-0.05, 0) is 34.1 Å². The summed E-state index contributed by atoms with van der Waals surface area (Å²) in [4.78, 5) is 7.76. The molecule has 0 spiro atoms. The SMILES string of the molecule is COc1cccc(-c2cc(C(F)(F)F)nc(-n3cc(Br)cn3)n2)c1. The summed E-state index contributed by atoms with van der Waals surface area (Å²) >= 11 is 3.19. The molecule has 5 nitrogen and oxygen atoms in total. The maximum absolute atomic E-state index is 13.2. The van der Waals surface area contributed by atoms with E-state index in [1.54, 1.807) is 24.3 Å². The number of aromatic nitrogens is 4. The van der Waals surface area contributed by atoms with Crippen LogP contribution in [0.25, 0.3) is 17.2 Å². The lowest BCUT2D eigenvalue weighted by Crippen LogP contribution is -2.13. The maximum atomic E-state index is 13.2. The van der Waals surface area contributed by atoms with Crippen molar-refractivity contribution in [2.45, 2.75) is 6.18 Å². The number of benzene rings is 1. The second-order valence-electron chi connectivity index (χ2n) is 4.77. The highest BCUT2D eigenvalue weighted by molar-refractivity contribution is 9.10. The minimum atomic E-state index is -4.60. The molecule has 0 saturated heterocycles. The van der Waals surface area contributed by atoms with Crippen molar-refractivity contribution in [1.29, 1.82) is 0 Å². The van der Waals surface area contributed by atoms with Crippen molar-refractivity contribution in [3.8, 4) is 23.0 Å². The summed E-state index contributed by atoms with van der Waals surface area (Å²) in [5.41, 5.74) is -0.440. The highest BCUT2D eigenvalue weighted by atomic mass is 79.9. The van der Waals surface area contributed by atoms with Crippen LogP contribution in [0.2, 0.25) is 0 Å². The molecule has 9 heteroatoms. The molecule has 0 unspecified atom stereocenters. The second kappa shape index (κ2) is 6.23. The van der Waals surface area contributed by atoms with E-state index in [1.807, 2.05) is 0 Å². The fourth-order valence-electron chi connectivity index (χ4n) is 2.02. The molecule has 1 aromatic carbocycles. The fourth-order valence-corrected chi connectivity index (χ4v) is 2.31. The zero-order valence-electron chi connectivity index (χ0n) is 12.3. The monoisotopic (exact) mass is 398 g/mol. The van der Waals surface area contributed by atoms with Crippen LogP contribution >= 0.6 is 15.9 Å². The van der Waals surface area contributed by atoms with Crippen LogP contribution < -0.4 is 4.74 Å². The molecular weight excluding hydrogens is 389 g/mol. The van der Waals surface area contributed by atoms with E-state index in [4.69, 9.17) is 4.74 Å². The Labute approximate surface area is 143 Å². The van der Waals surface area contributed by atoms with E-state index in [-0.39, 0.29) is 11.6 Å². The molecule has 0 N–H and O–H groups in total. The van der Waals surface area contributed by atoms with E-state index in [0.717, 1.165) is 6.07 Å². The van der Waals surface area contributed by atoms with Gasteiger partial charge in [-0.1, -0.05) is 12.1 Å². The zero-order valence-corrected chi connectivity index (χ0v) is 13.8. The van der Waals surface area contributed by atoms with Crippen LogP contribution in [0.15, 0.2) is 47.2 Å². The topological polar surface area (TPSA) is 52.8 Å². The first-order valence-electron chi connectivity index (χ1n) is 6.68. The van der Waals surface area contributed by atoms with Gasteiger partial charge in [0.05, 0.1) is 23.5 Å². The van der Waals surface area contributed by atoms with Crippen LogP contribution in [0.5, 0.6) is 5.75 Å². The minimum absolute atomic E-state index is 0.123. The van der Waals surface area contributed by atoms with Gasteiger partial charge in [0.2, 0.25) is 0 Å². The first kappa shape index (κ1) is 16.4. The van der Waals surface area contributed by atoms with E-state index >= 15 is 0 Å². The number of nitrogens with zero attached hydrogens (tertiary/aromatic N) is 4. The third-order valence-corrected chi connectivity index (χ3v) is 3.54. The molecule has 0 atom stereocenters. The molecule has 0 radical (unpaired) electrons. The standard InChI is InChI=1S/C15H10BrF3N4O/c1-24-11-4-2-3-9(5-11)12-6-13(15(17,18)19)22-14(21-12)23-8-10(16)7-20-23/h2-8H,1H3. The Bertz CT molecular complexity index is 879. The molecule has 0 aliphatic carbocycles. The average molecular weight is 399 g/mol. The summed E-state index contributed by atoms with van der Waals surface area (Å²) in [6.45, 7) is 0. The Balaban J connectivity index is 2.18. The smallest absolute Gasteiger partial charge is 0.433 e. The third kappa shape index (κ3) is 3.40. The number of ether oxygens (including phenoxy) is 1. The van der Waals surface area contributed by atoms with Gasteiger partial charge >= 0.3 is 6.18 Å². The molecule has 0 fully saturated rings. The summed E-state index contributed by atoms with van der Waals surface area (Å²) in [6, 6.07) is 7.52. The van der Waals surface area contributed by atoms with Gasteiger partial charge in [-0.3, -0.25) is 0 Å². The van der Waals surface area contributed by atoms with E-state index in [9.17, 15) is 13.2 Å². The zero-order chi connectivity index (χ0) is 17.3. The van der Waals surface area contributed by atoms with Crippen molar-refractivity contribution in [3.05, 3.63) is 52.9 Å². The van der Waals surface area contributed by atoms with E-state index < -0.39 is 11.9 Å². The van der Waals surface area contributed by atoms with Crippen molar-refractivity contribution in [1.82, 2.24) is 19.7 Å². The summed E-state index contributed by atoms with van der Waals surface area (Å²) in [6.07, 6.45) is -1.69. The summed E-state index contributed by atoms with van der Waals surface area (Å²) in [5, 5.41) is 3.93. The molecule has 3 rings (SSSR count). The maximum Gasteiger partial charge on any atom is 0.433 e. The lowest BCUT2D eigenvalue weighted by molar-refractivity contribution is -0.141. The van der Waals surface area contributed by atoms with Gasteiger partial charge in [0.15, 0.2) is 5.69 Å². The first-order chi connectivity index (χ1) is 11.4. The van der Waals surface area contributed by atoms with E-state index in [0.29, 0.717) is 15.8 Å². The molecule has 124 valence electrons. The molecular formula is C15H10BrF3N4O. The largest absolute Gasteiger partial charge is 0.497 e. The molecule has 0 aliphatic heterocycles. The number of halogens is 4. The van der Waals surface area contributed by atoms with Gasteiger partial charge in [0.1, 0.15) is 5.75 Å². The molecule has 24 heavy (non-hydrogen) atoms. The Kier molecular flexibility index (Phi) is 4.27. The lowest BCUT2D eigenvalue weighted by atomic mass is 10.1. The van der Waals surface area contributed by atoms with Crippen LogP contribution in [0.1, 0.15) is 5.69 Å². The molecule has 2 aromatic heterocycles. The lowest BCUT2D eigenvalue weighted by Gasteiger charge is -2.11. The highest BCUT2D eigenvalue weighted by Gasteiger charge is 2.34. The summed E-state index contributed by atoms with van der Waals surface area (Å²) < 4.78 is 46.4. The van der Waals surface area contributed by atoms with Gasteiger partial charge in [-0.25, -0.2) is 14.6 Å². The fraction of sp³-hybridized carbons (Fsp3) is 0.133. The number of alkyl halides is 3. The first-order valence-corrected chi connectivity index (χ1v) is 7.47. The minimum Gasteiger partial charge on any atom is -0.497 e. The van der Waals surface area contributed by atoms with Gasteiger partial charge in [-0.2, -0.15) is 18.3 Å². The number of methoxy groups -OCH3 is 1. The van der Waals surface area contributed by atoms with Crippen molar-refractivity contribution in [2.24, 2.45) is 0 Å². The number of hydrogen-bond donors (Lipinski definition) is 0. The quantitative estimate of drug-likeness (QED) is 0.665. The Morgan fingerprint density at radius 2 is 1.96 bits per heavy atom. The molecule has 0 aliphatic rings. The van der Waals surface area contributed by atoms with Crippen LogP contribution in [-0.2, 0) is 6.18 Å². The third-order valence-electron chi connectivity index (χ3n) is 3.13. The molecule has 0 saturated carbocycles. The number of hydrogen-bond acceptors (Lipinski definition) is 4. The van der Waals surface area contributed by atoms with Crippen molar-refractivity contribution < 1.29 is 17.9 Å². The molecule has 3 aromatic rings. The van der Waals surface area contributed by atoms with Crippen LogP contribution in [0.3, 0.4) is 0 Å². The molecule has 2 heterocycles. The Hall–Kier alpha value is -2.42. The molecule has 0 amide bonds. The Morgan fingerprint density at radius 1 is 1.17 bits per heavy atom. The molecule has 0 bridgehead atoms. The van der Waals surface area contributed by atoms with Crippen LogP contribution in [0.4, 0.5) is 13.2 Å². The van der Waals surface area contributed by atoms with Crippen molar-refractivity contribution >= 4 is 15.9 Å². The second-order valence-corrected chi connectivity index (χ2v) is 5.69. The normalized spacial score (nSPS) is 11.5. The van der Waals surface area contributed by atoms with Crippen molar-refractivity contribution in [2.75, 3.05) is 7.11 Å². The Morgan fingerprint density at radius 3 is 2.58 bits per heavy atom. The van der Waals surface area contributed by atoms with Crippen LogP contribution in [-0.4, -0.2) is 26.9 Å². The van der Waals surface area contributed by atoms with Crippen molar-refractivity contribution in [3.63, 3.8) is 0 Å². The summed E-state index contributed by atoms with van der Waals surface area (Å²) in [5.74, 6) is 0.344. The average Bonchev–Trinajstić information content (AvgIpc) is 3.00. The predicted molar refractivity (Wildman–Crippen MR) is 83.8 cm³/mol. The van der Waals surface area contributed by atoms with Gasteiger partial charge in [0.25, 0.3) is 5.95 Å². The van der Waals surface area contributed by atoms with Gasteiger partial charge < -0.3 is 4.74 Å². The highest BCUT2D eigenvalue weighted by Crippen LogP contribution is 2.31.